The number of benzene rings is 1. The molecule has 1 saturated carbocycles. The fourth-order valence-corrected chi connectivity index (χ4v) is 6.02. The molecule has 2 saturated heterocycles. The van der Waals surface area contributed by atoms with Gasteiger partial charge in [-0.15, -0.1) is 0 Å². The second kappa shape index (κ2) is 6.49. The smallest absolute Gasteiger partial charge is 0.340 e. The molecule has 3 fully saturated rings. The van der Waals surface area contributed by atoms with Gasteiger partial charge in [0.2, 0.25) is 0 Å². The number of aromatic amines is 1. The van der Waals surface area contributed by atoms with Crippen LogP contribution in [-0.4, -0.2) is 41.3 Å². The van der Waals surface area contributed by atoms with Gasteiger partial charge in [-0.2, -0.15) is 0 Å². The van der Waals surface area contributed by atoms with Crippen molar-refractivity contribution in [2.75, 3.05) is 19.7 Å². The van der Waals surface area contributed by atoms with Gasteiger partial charge in [-0.05, 0) is 69.9 Å². The molecule has 4 heterocycles. The number of nitrogens with one attached hydrogen (secondary N) is 1. The number of aromatic nitrogens is 1. The van der Waals surface area contributed by atoms with Crippen molar-refractivity contribution in [3.05, 3.63) is 29.0 Å². The second-order valence-corrected chi connectivity index (χ2v) is 9.57. The van der Waals surface area contributed by atoms with Gasteiger partial charge in [0.1, 0.15) is 5.75 Å². The Bertz CT molecular complexity index is 974. The maximum absolute atomic E-state index is 13.0. The molecule has 0 bridgehead atoms. The van der Waals surface area contributed by atoms with E-state index in [0.717, 1.165) is 48.3 Å². The van der Waals surface area contributed by atoms with Crippen molar-refractivity contribution in [1.29, 1.82) is 0 Å². The lowest BCUT2D eigenvalue weighted by atomic mass is 9.74. The summed E-state index contributed by atoms with van der Waals surface area (Å²) < 4.78 is 12.5. The lowest BCUT2D eigenvalue weighted by Gasteiger charge is -2.56. The normalized spacial score (nSPS) is 28.9. The quantitative estimate of drug-likeness (QED) is 0.775. The van der Waals surface area contributed by atoms with Gasteiger partial charge >= 0.3 is 5.97 Å². The average Bonchev–Trinajstić information content (AvgIpc) is 3.49. The van der Waals surface area contributed by atoms with Gasteiger partial charge < -0.3 is 14.5 Å². The van der Waals surface area contributed by atoms with Crippen molar-refractivity contribution >= 4 is 16.9 Å². The number of carbonyl (C=O) groups excluding carboxylic acids is 1. The molecule has 2 aromatic rings. The van der Waals surface area contributed by atoms with Gasteiger partial charge in [0, 0.05) is 47.6 Å². The number of esters is 1. The molecule has 29 heavy (non-hydrogen) atoms. The highest BCUT2D eigenvalue weighted by Crippen LogP contribution is 2.50. The van der Waals surface area contributed by atoms with E-state index in [9.17, 15) is 4.79 Å². The van der Waals surface area contributed by atoms with Crippen LogP contribution in [0.15, 0.2) is 12.1 Å². The Balaban J connectivity index is 1.43. The summed E-state index contributed by atoms with van der Waals surface area (Å²) >= 11 is 0. The van der Waals surface area contributed by atoms with E-state index >= 15 is 0 Å². The number of piperidine rings is 2. The summed E-state index contributed by atoms with van der Waals surface area (Å²) in [5.41, 5.74) is 3.71. The average molecular weight is 395 g/mol. The van der Waals surface area contributed by atoms with Crippen molar-refractivity contribution in [2.45, 2.75) is 64.0 Å². The van der Waals surface area contributed by atoms with Crippen LogP contribution in [0.25, 0.3) is 10.9 Å². The minimum Gasteiger partial charge on any atom is -0.472 e. The summed E-state index contributed by atoms with van der Waals surface area (Å²) in [4.78, 5) is 19.0. The van der Waals surface area contributed by atoms with Crippen LogP contribution < -0.4 is 4.74 Å². The van der Waals surface area contributed by atoms with Crippen molar-refractivity contribution in [3.63, 3.8) is 0 Å². The summed E-state index contributed by atoms with van der Waals surface area (Å²) in [6.45, 7) is 4.83. The number of hydrogen-bond acceptors (Lipinski definition) is 4. The minimum absolute atomic E-state index is 0.130. The summed E-state index contributed by atoms with van der Waals surface area (Å²) in [7, 11) is 0. The SMILES string of the molecule is Cc1[nH]c2ccc3c(c2c1C(=O)OCC1CC1)CC1CCCN2CCCCC12O3. The van der Waals surface area contributed by atoms with Gasteiger partial charge in [0.25, 0.3) is 0 Å². The van der Waals surface area contributed by atoms with Crippen molar-refractivity contribution in [2.24, 2.45) is 11.8 Å². The number of nitrogens with zero attached hydrogens (tertiary/aromatic N) is 1. The van der Waals surface area contributed by atoms with Crippen LogP contribution in [0.3, 0.4) is 0 Å². The van der Waals surface area contributed by atoms with E-state index in [-0.39, 0.29) is 11.7 Å². The molecule has 3 aliphatic heterocycles. The third-order valence-electron chi connectivity index (χ3n) is 7.67. The summed E-state index contributed by atoms with van der Waals surface area (Å²) in [6, 6.07) is 4.19. The largest absolute Gasteiger partial charge is 0.472 e. The number of ether oxygens (including phenoxy) is 2. The second-order valence-electron chi connectivity index (χ2n) is 9.57. The molecule has 1 aromatic heterocycles. The third kappa shape index (κ3) is 2.73. The number of hydrogen-bond donors (Lipinski definition) is 1. The van der Waals surface area contributed by atoms with Crippen LogP contribution in [0.2, 0.25) is 0 Å². The number of carbonyl (C=O) groups is 1. The Kier molecular flexibility index (Phi) is 3.99. The van der Waals surface area contributed by atoms with Gasteiger partial charge in [0.05, 0.1) is 12.2 Å². The Morgan fingerprint density at radius 2 is 2.10 bits per heavy atom. The van der Waals surface area contributed by atoms with Gasteiger partial charge in [-0.3, -0.25) is 4.90 Å². The molecule has 154 valence electrons. The molecular weight excluding hydrogens is 364 g/mol. The number of aryl methyl sites for hydroxylation is 1. The Morgan fingerprint density at radius 3 is 2.97 bits per heavy atom. The summed E-state index contributed by atoms with van der Waals surface area (Å²) in [6.07, 6.45) is 9.44. The zero-order valence-electron chi connectivity index (χ0n) is 17.3. The molecule has 1 spiro atoms. The van der Waals surface area contributed by atoms with Crippen LogP contribution in [0.5, 0.6) is 5.75 Å². The van der Waals surface area contributed by atoms with E-state index in [2.05, 4.69) is 22.0 Å². The molecule has 1 aromatic carbocycles. The van der Waals surface area contributed by atoms with Gasteiger partial charge in [-0.1, -0.05) is 0 Å². The predicted molar refractivity (Wildman–Crippen MR) is 111 cm³/mol. The lowest BCUT2D eigenvalue weighted by molar-refractivity contribution is -0.177. The molecule has 5 heteroatoms. The first-order valence-electron chi connectivity index (χ1n) is 11.4. The highest BCUT2D eigenvalue weighted by Gasteiger charge is 2.52. The van der Waals surface area contributed by atoms with Crippen LogP contribution in [-0.2, 0) is 11.2 Å². The first kappa shape index (κ1) is 17.8. The number of rotatable bonds is 3. The van der Waals surface area contributed by atoms with Crippen LogP contribution in [0, 0.1) is 18.8 Å². The van der Waals surface area contributed by atoms with E-state index < -0.39 is 0 Å². The van der Waals surface area contributed by atoms with Crippen molar-refractivity contribution in [3.8, 4) is 5.75 Å². The molecule has 5 nitrogen and oxygen atoms in total. The molecular formula is C24H30N2O3. The fourth-order valence-electron chi connectivity index (χ4n) is 6.02. The fraction of sp³-hybridized carbons (Fsp3) is 0.625. The zero-order chi connectivity index (χ0) is 19.6. The van der Waals surface area contributed by atoms with Crippen LogP contribution in [0.1, 0.15) is 66.6 Å². The predicted octanol–water partition coefficient (Wildman–Crippen LogP) is 4.57. The van der Waals surface area contributed by atoms with E-state index in [1.54, 1.807) is 0 Å². The van der Waals surface area contributed by atoms with Gasteiger partial charge in [-0.25, -0.2) is 4.79 Å². The lowest BCUT2D eigenvalue weighted by Crippen LogP contribution is -2.64. The molecule has 2 unspecified atom stereocenters. The summed E-state index contributed by atoms with van der Waals surface area (Å²) in [5, 5.41) is 1.03. The van der Waals surface area contributed by atoms with E-state index in [0.29, 0.717) is 24.0 Å². The summed E-state index contributed by atoms with van der Waals surface area (Å²) in [5.74, 6) is 1.86. The standard InChI is InChI=1S/C24H30N2O3/c1-15-21(23(27)28-14-16-6-7-16)22-18-13-17-5-4-12-26-11-3-2-10-24(17,26)29-20(18)9-8-19(22)25-15/h8-9,16-17,25H,2-7,10-14H2,1H3. The first-order valence-corrected chi connectivity index (χ1v) is 11.4. The van der Waals surface area contributed by atoms with Crippen LogP contribution in [0.4, 0.5) is 0 Å². The molecule has 4 aliphatic rings. The molecule has 2 atom stereocenters. The molecule has 0 amide bonds. The number of fused-ring (bicyclic) bond motifs is 3. The van der Waals surface area contributed by atoms with Crippen LogP contribution >= 0.6 is 0 Å². The highest BCUT2D eigenvalue weighted by molar-refractivity contribution is 6.07. The zero-order valence-corrected chi connectivity index (χ0v) is 17.3. The monoisotopic (exact) mass is 394 g/mol. The third-order valence-corrected chi connectivity index (χ3v) is 7.67. The first-order chi connectivity index (χ1) is 14.2. The highest BCUT2D eigenvalue weighted by atomic mass is 16.5. The van der Waals surface area contributed by atoms with Crippen molar-refractivity contribution in [1.82, 2.24) is 9.88 Å². The minimum atomic E-state index is -0.183. The van der Waals surface area contributed by atoms with Crippen molar-refractivity contribution < 1.29 is 14.3 Å². The maximum Gasteiger partial charge on any atom is 0.340 e. The Hall–Kier alpha value is -2.01. The van der Waals surface area contributed by atoms with Gasteiger partial charge in [0.15, 0.2) is 5.72 Å². The molecule has 1 N–H and O–H groups in total. The number of H-pyrrole nitrogens is 1. The Labute approximate surface area is 171 Å². The van der Waals surface area contributed by atoms with E-state index in [1.165, 1.54) is 44.1 Å². The molecule has 6 rings (SSSR count). The Morgan fingerprint density at radius 1 is 1.24 bits per heavy atom. The van der Waals surface area contributed by atoms with E-state index in [4.69, 9.17) is 9.47 Å². The molecule has 0 radical (unpaired) electrons. The van der Waals surface area contributed by atoms with E-state index in [1.807, 2.05) is 6.92 Å². The topological polar surface area (TPSA) is 54.6 Å². The molecule has 1 aliphatic carbocycles. The maximum atomic E-state index is 13.0.